The third kappa shape index (κ3) is 3.51. The van der Waals surface area contributed by atoms with E-state index in [-0.39, 0.29) is 10.8 Å². The molecule has 0 aliphatic carbocycles. The number of hydrogen-bond donors (Lipinski definition) is 1. The minimum Gasteiger partial charge on any atom is -0.285 e. The van der Waals surface area contributed by atoms with Crippen molar-refractivity contribution in [3.8, 4) is 11.1 Å². The van der Waals surface area contributed by atoms with Crippen molar-refractivity contribution in [2.75, 3.05) is 6.54 Å². The molecular formula is C23H24FN5O2S. The zero-order chi connectivity index (χ0) is 22.5. The minimum atomic E-state index is -3.94. The second-order valence-electron chi connectivity index (χ2n) is 8.94. The van der Waals surface area contributed by atoms with Crippen molar-refractivity contribution in [1.82, 2.24) is 24.3 Å². The van der Waals surface area contributed by atoms with Crippen molar-refractivity contribution in [3.63, 3.8) is 0 Å². The van der Waals surface area contributed by atoms with Crippen LogP contribution in [0, 0.1) is 11.7 Å². The van der Waals surface area contributed by atoms with Crippen molar-refractivity contribution in [3.05, 3.63) is 66.9 Å². The van der Waals surface area contributed by atoms with Crippen molar-refractivity contribution < 1.29 is 12.8 Å². The van der Waals surface area contributed by atoms with Crippen molar-refractivity contribution in [1.29, 1.82) is 0 Å². The van der Waals surface area contributed by atoms with Crippen LogP contribution in [0.1, 0.15) is 20.3 Å². The number of fused-ring (bicyclic) bond motifs is 1. The molecule has 2 aromatic carbocycles. The molecule has 2 aromatic heterocycles. The number of sulfonamides is 1. The number of benzene rings is 2. The van der Waals surface area contributed by atoms with E-state index >= 15 is 0 Å². The Labute approximate surface area is 185 Å². The fourth-order valence-corrected chi connectivity index (χ4v) is 6.67. The van der Waals surface area contributed by atoms with Gasteiger partial charge < -0.3 is 0 Å². The van der Waals surface area contributed by atoms with Gasteiger partial charge in [0.25, 0.3) is 0 Å². The van der Waals surface area contributed by atoms with Gasteiger partial charge in [-0.2, -0.15) is 14.5 Å². The van der Waals surface area contributed by atoms with Gasteiger partial charge in [0.05, 0.1) is 17.9 Å². The molecule has 166 valence electrons. The monoisotopic (exact) mass is 453 g/mol. The summed E-state index contributed by atoms with van der Waals surface area (Å²) in [5.74, 6) is -0.665. The van der Waals surface area contributed by atoms with Crippen LogP contribution in [0.2, 0.25) is 0 Å². The topological polar surface area (TPSA) is 83.9 Å². The third-order valence-corrected chi connectivity index (χ3v) is 8.31. The Kier molecular flexibility index (Phi) is 4.90. The second kappa shape index (κ2) is 7.53. The Bertz CT molecular complexity index is 1380. The van der Waals surface area contributed by atoms with Gasteiger partial charge in [-0.3, -0.25) is 9.78 Å². The number of halogens is 1. The van der Waals surface area contributed by atoms with Gasteiger partial charge in [-0.25, -0.2) is 12.8 Å². The molecule has 7 nitrogen and oxygen atoms in total. The molecule has 0 radical (unpaired) electrons. The molecule has 1 aliphatic rings. The molecule has 9 heteroatoms. The first kappa shape index (κ1) is 20.8. The zero-order valence-electron chi connectivity index (χ0n) is 17.9. The lowest BCUT2D eigenvalue weighted by atomic mass is 9.97. The van der Waals surface area contributed by atoms with Gasteiger partial charge in [0.2, 0.25) is 10.0 Å². The van der Waals surface area contributed by atoms with Gasteiger partial charge in [0.15, 0.2) is 0 Å². The Balaban J connectivity index is 1.40. The van der Waals surface area contributed by atoms with E-state index in [1.807, 2.05) is 43.1 Å². The number of nitrogens with one attached hydrogen (secondary N) is 1. The number of aromatic amines is 1. The zero-order valence-corrected chi connectivity index (χ0v) is 18.7. The molecule has 0 bridgehead atoms. The fraction of sp³-hybridized carbons (Fsp3) is 0.304. The average Bonchev–Trinajstić information content (AvgIpc) is 3.47. The average molecular weight is 454 g/mol. The predicted molar refractivity (Wildman–Crippen MR) is 120 cm³/mol. The van der Waals surface area contributed by atoms with E-state index < -0.39 is 21.4 Å². The van der Waals surface area contributed by atoms with E-state index in [1.54, 1.807) is 12.3 Å². The van der Waals surface area contributed by atoms with Gasteiger partial charge in [0.1, 0.15) is 10.7 Å². The number of H-pyrrole nitrogens is 1. The van der Waals surface area contributed by atoms with Crippen LogP contribution in [0.25, 0.3) is 22.0 Å². The lowest BCUT2D eigenvalue weighted by Gasteiger charge is -2.30. The van der Waals surface area contributed by atoms with E-state index in [9.17, 15) is 12.8 Å². The minimum absolute atomic E-state index is 0.0585. The number of nitrogens with zero attached hydrogens (tertiary/aromatic N) is 4. The molecule has 0 amide bonds. The van der Waals surface area contributed by atoms with Gasteiger partial charge in [-0.1, -0.05) is 18.2 Å². The molecule has 1 fully saturated rings. The highest BCUT2D eigenvalue weighted by atomic mass is 32.2. The standard InChI is InChI=1S/C23H24FN5O2S/c1-23(2)10-16(15-29(23)32(30,31)22-6-4-3-5-20(22)24)14-28-21-8-7-17(9-18(21)13-27-28)19-11-25-26-12-19/h3-9,11-13,16H,10,14-15H2,1-2H3,(H,25,26). The fourth-order valence-electron chi connectivity index (χ4n) is 4.74. The van der Waals surface area contributed by atoms with Gasteiger partial charge in [-0.05, 0) is 56.0 Å². The third-order valence-electron chi connectivity index (χ3n) is 6.20. The molecule has 1 unspecified atom stereocenters. The predicted octanol–water partition coefficient (Wildman–Crippen LogP) is 4.05. The van der Waals surface area contributed by atoms with Crippen LogP contribution >= 0.6 is 0 Å². The summed E-state index contributed by atoms with van der Waals surface area (Å²) < 4.78 is 44.1. The largest absolute Gasteiger partial charge is 0.285 e. The molecule has 4 aromatic rings. The molecule has 5 rings (SSSR count). The van der Waals surface area contributed by atoms with Crippen molar-refractivity contribution >= 4 is 20.9 Å². The Morgan fingerprint density at radius 2 is 1.97 bits per heavy atom. The van der Waals surface area contributed by atoms with E-state index in [2.05, 4.69) is 21.4 Å². The van der Waals surface area contributed by atoms with Crippen LogP contribution in [0.3, 0.4) is 0 Å². The van der Waals surface area contributed by atoms with E-state index in [4.69, 9.17) is 0 Å². The summed E-state index contributed by atoms with van der Waals surface area (Å²) in [7, 11) is -3.94. The molecule has 1 N–H and O–H groups in total. The highest BCUT2D eigenvalue weighted by Crippen LogP contribution is 2.38. The lowest BCUT2D eigenvalue weighted by molar-refractivity contribution is 0.290. The van der Waals surface area contributed by atoms with Crippen LogP contribution < -0.4 is 0 Å². The molecule has 32 heavy (non-hydrogen) atoms. The van der Waals surface area contributed by atoms with Gasteiger partial charge >= 0.3 is 0 Å². The maximum Gasteiger partial charge on any atom is 0.246 e. The summed E-state index contributed by atoms with van der Waals surface area (Å²) in [4.78, 5) is -0.273. The summed E-state index contributed by atoms with van der Waals surface area (Å²) >= 11 is 0. The second-order valence-corrected chi connectivity index (χ2v) is 10.8. The first-order valence-electron chi connectivity index (χ1n) is 10.5. The number of hydrogen-bond acceptors (Lipinski definition) is 4. The maximum absolute atomic E-state index is 14.3. The van der Waals surface area contributed by atoms with Crippen LogP contribution in [-0.4, -0.2) is 44.8 Å². The smallest absolute Gasteiger partial charge is 0.246 e. The highest BCUT2D eigenvalue weighted by Gasteiger charge is 2.46. The van der Waals surface area contributed by atoms with E-state index in [1.165, 1.54) is 22.5 Å². The molecule has 1 aliphatic heterocycles. The summed E-state index contributed by atoms with van der Waals surface area (Å²) in [6.07, 6.45) is 6.11. The summed E-state index contributed by atoms with van der Waals surface area (Å²) in [6.45, 7) is 4.69. The Hall–Kier alpha value is -3.04. The van der Waals surface area contributed by atoms with Crippen LogP contribution in [0.5, 0.6) is 0 Å². The number of rotatable bonds is 5. The highest BCUT2D eigenvalue weighted by molar-refractivity contribution is 7.89. The summed E-state index contributed by atoms with van der Waals surface area (Å²) in [5.41, 5.74) is 2.43. The Morgan fingerprint density at radius 1 is 1.16 bits per heavy atom. The lowest BCUT2D eigenvalue weighted by Crippen LogP contribution is -2.42. The molecule has 1 saturated heterocycles. The van der Waals surface area contributed by atoms with Crippen LogP contribution in [0.15, 0.2) is 66.0 Å². The first-order chi connectivity index (χ1) is 15.3. The molecule has 3 heterocycles. The molecule has 1 atom stereocenters. The van der Waals surface area contributed by atoms with Crippen molar-refractivity contribution in [2.45, 2.75) is 37.2 Å². The van der Waals surface area contributed by atoms with Gasteiger partial charge in [-0.15, -0.1) is 0 Å². The normalized spacial score (nSPS) is 19.0. The first-order valence-corrected chi connectivity index (χ1v) is 11.9. The maximum atomic E-state index is 14.3. The van der Waals surface area contributed by atoms with Crippen LogP contribution in [0.4, 0.5) is 4.39 Å². The van der Waals surface area contributed by atoms with E-state index in [0.717, 1.165) is 22.0 Å². The summed E-state index contributed by atoms with van der Waals surface area (Å²) in [5, 5.41) is 12.4. The molecular weight excluding hydrogens is 429 g/mol. The van der Waals surface area contributed by atoms with Gasteiger partial charge in [0, 0.05) is 35.8 Å². The summed E-state index contributed by atoms with van der Waals surface area (Å²) in [6, 6.07) is 11.7. The van der Waals surface area contributed by atoms with Crippen LogP contribution in [-0.2, 0) is 16.6 Å². The Morgan fingerprint density at radius 3 is 2.72 bits per heavy atom. The SMILES string of the molecule is CC1(C)CC(Cn2ncc3cc(-c4cn[nH]c4)ccc32)CN1S(=O)(=O)c1ccccc1F. The molecule has 0 saturated carbocycles. The van der Waals surface area contributed by atoms with Crippen molar-refractivity contribution in [2.24, 2.45) is 5.92 Å². The molecule has 0 spiro atoms. The van der Waals surface area contributed by atoms with E-state index in [0.29, 0.717) is 19.5 Å². The quantitative estimate of drug-likeness (QED) is 0.494. The number of aromatic nitrogens is 4.